The van der Waals surface area contributed by atoms with Gasteiger partial charge in [-0.25, -0.2) is 9.97 Å². The Morgan fingerprint density at radius 3 is 2.92 bits per heavy atom. The van der Waals surface area contributed by atoms with Gasteiger partial charge in [-0.05, 0) is 33.1 Å². The number of anilines is 1. The number of aromatic nitrogens is 2. The van der Waals surface area contributed by atoms with E-state index in [1.54, 1.807) is 6.33 Å². The molecule has 1 aliphatic carbocycles. The van der Waals surface area contributed by atoms with Gasteiger partial charge in [0.2, 0.25) is 0 Å². The Labute approximate surface area is 78.6 Å². The van der Waals surface area contributed by atoms with E-state index in [-0.39, 0.29) is 0 Å². The smallest absolute Gasteiger partial charge is 0.133 e. The van der Waals surface area contributed by atoms with Crippen molar-refractivity contribution in [2.45, 2.75) is 39.2 Å². The minimum absolute atomic E-state index is 0.444. The molecular weight excluding hydrogens is 162 g/mol. The third-order valence-electron chi connectivity index (χ3n) is 2.30. The van der Waals surface area contributed by atoms with Crippen LogP contribution in [0.3, 0.4) is 0 Å². The lowest BCUT2D eigenvalue weighted by Crippen LogP contribution is -2.13. The molecule has 0 aliphatic heterocycles. The Bertz CT molecular complexity index is 307. The third kappa shape index (κ3) is 1.64. The van der Waals surface area contributed by atoms with Crippen molar-refractivity contribution >= 4 is 5.82 Å². The van der Waals surface area contributed by atoms with Gasteiger partial charge in [0.1, 0.15) is 12.1 Å². The predicted octanol–water partition coefficient (Wildman–Crippen LogP) is 1.79. The molecule has 1 heterocycles. The molecule has 2 rings (SSSR count). The second kappa shape index (κ2) is 3.32. The van der Waals surface area contributed by atoms with E-state index < -0.39 is 0 Å². The molecule has 0 radical (unpaired) electrons. The van der Waals surface area contributed by atoms with E-state index in [4.69, 9.17) is 0 Å². The average Bonchev–Trinajstić information content (AvgIpc) is 2.51. The van der Waals surface area contributed by atoms with Crippen LogP contribution in [0.5, 0.6) is 0 Å². The lowest BCUT2D eigenvalue weighted by atomic mass is 10.2. The predicted molar refractivity (Wildman–Crippen MR) is 52.8 cm³/mol. The van der Waals surface area contributed by atoms with Crippen molar-refractivity contribution < 1.29 is 0 Å². The number of hydrogen-bond donors (Lipinski definition) is 1. The highest BCUT2D eigenvalue weighted by molar-refractivity contribution is 5.48. The van der Waals surface area contributed by atoms with Crippen molar-refractivity contribution in [2.75, 3.05) is 5.32 Å². The molecule has 0 amide bonds. The number of nitrogens with one attached hydrogen (secondary N) is 1. The van der Waals surface area contributed by atoms with E-state index in [1.165, 1.54) is 17.7 Å². The first-order valence-corrected chi connectivity index (χ1v) is 4.86. The molecule has 0 unspecified atom stereocenters. The summed E-state index contributed by atoms with van der Waals surface area (Å²) in [5.74, 6) is 1.04. The zero-order chi connectivity index (χ0) is 9.26. The molecule has 1 N–H and O–H groups in total. The van der Waals surface area contributed by atoms with Gasteiger partial charge in [0.05, 0.1) is 0 Å². The van der Waals surface area contributed by atoms with Gasteiger partial charge in [-0.2, -0.15) is 0 Å². The second-order valence-electron chi connectivity index (χ2n) is 3.80. The highest BCUT2D eigenvalue weighted by atomic mass is 15.0. The molecule has 0 atom stereocenters. The molecule has 0 saturated heterocycles. The van der Waals surface area contributed by atoms with Gasteiger partial charge in [0, 0.05) is 17.3 Å². The Balaban J connectivity index is 2.30. The van der Waals surface area contributed by atoms with Gasteiger partial charge in [-0.1, -0.05) is 0 Å². The van der Waals surface area contributed by atoms with Crippen molar-refractivity contribution in [1.82, 2.24) is 9.97 Å². The molecule has 3 nitrogen and oxygen atoms in total. The summed E-state index contributed by atoms with van der Waals surface area (Å²) in [7, 11) is 0. The molecule has 13 heavy (non-hydrogen) atoms. The Morgan fingerprint density at radius 2 is 2.15 bits per heavy atom. The van der Waals surface area contributed by atoms with E-state index in [1.807, 2.05) is 0 Å². The summed E-state index contributed by atoms with van der Waals surface area (Å²) in [5.41, 5.74) is 2.56. The quantitative estimate of drug-likeness (QED) is 0.748. The molecule has 70 valence electrons. The van der Waals surface area contributed by atoms with Crippen molar-refractivity contribution in [3.63, 3.8) is 0 Å². The topological polar surface area (TPSA) is 37.8 Å². The highest BCUT2D eigenvalue weighted by Crippen LogP contribution is 2.25. The van der Waals surface area contributed by atoms with E-state index in [9.17, 15) is 0 Å². The van der Waals surface area contributed by atoms with Crippen LogP contribution in [0, 0.1) is 0 Å². The summed E-state index contributed by atoms with van der Waals surface area (Å²) in [6.07, 6.45) is 5.13. The van der Waals surface area contributed by atoms with Gasteiger partial charge in [0.15, 0.2) is 0 Å². The third-order valence-corrected chi connectivity index (χ3v) is 2.30. The fourth-order valence-electron chi connectivity index (χ4n) is 1.76. The Kier molecular flexibility index (Phi) is 2.17. The lowest BCUT2D eigenvalue weighted by Gasteiger charge is -2.11. The first-order valence-electron chi connectivity index (χ1n) is 4.86. The summed E-state index contributed by atoms with van der Waals surface area (Å²) in [6, 6.07) is 0.444. The SMILES string of the molecule is CC(C)Nc1ncnc2c1CCC2. The molecule has 0 bridgehead atoms. The summed E-state index contributed by atoms with van der Waals surface area (Å²) in [5, 5.41) is 3.35. The van der Waals surface area contributed by atoms with Crippen molar-refractivity contribution in [2.24, 2.45) is 0 Å². The molecule has 0 spiro atoms. The van der Waals surface area contributed by atoms with Gasteiger partial charge in [0.25, 0.3) is 0 Å². The lowest BCUT2D eigenvalue weighted by molar-refractivity contribution is 0.875. The summed E-state index contributed by atoms with van der Waals surface area (Å²) in [6.45, 7) is 4.26. The molecule has 3 heteroatoms. The largest absolute Gasteiger partial charge is 0.368 e. The van der Waals surface area contributed by atoms with Gasteiger partial charge in [-0.15, -0.1) is 0 Å². The maximum Gasteiger partial charge on any atom is 0.133 e. The maximum atomic E-state index is 4.28. The van der Waals surface area contributed by atoms with Crippen LogP contribution in [0.4, 0.5) is 5.82 Å². The van der Waals surface area contributed by atoms with Crippen LogP contribution in [0.25, 0.3) is 0 Å². The minimum Gasteiger partial charge on any atom is -0.368 e. The number of hydrogen-bond acceptors (Lipinski definition) is 3. The number of nitrogens with zero attached hydrogens (tertiary/aromatic N) is 2. The zero-order valence-corrected chi connectivity index (χ0v) is 8.17. The van der Waals surface area contributed by atoms with E-state index >= 15 is 0 Å². The highest BCUT2D eigenvalue weighted by Gasteiger charge is 2.16. The molecule has 0 saturated carbocycles. The monoisotopic (exact) mass is 177 g/mol. The van der Waals surface area contributed by atoms with Crippen LogP contribution in [0.15, 0.2) is 6.33 Å². The normalized spacial score (nSPS) is 14.7. The van der Waals surface area contributed by atoms with Gasteiger partial charge in [-0.3, -0.25) is 0 Å². The zero-order valence-electron chi connectivity index (χ0n) is 8.17. The second-order valence-corrected chi connectivity index (χ2v) is 3.80. The van der Waals surface area contributed by atoms with Crippen molar-refractivity contribution in [3.8, 4) is 0 Å². The first kappa shape index (κ1) is 8.48. The van der Waals surface area contributed by atoms with Gasteiger partial charge >= 0.3 is 0 Å². The summed E-state index contributed by atoms with van der Waals surface area (Å²) >= 11 is 0. The Morgan fingerprint density at radius 1 is 1.31 bits per heavy atom. The maximum absolute atomic E-state index is 4.28. The number of rotatable bonds is 2. The van der Waals surface area contributed by atoms with Crippen LogP contribution in [-0.4, -0.2) is 16.0 Å². The molecule has 1 aliphatic rings. The molecule has 1 aromatic heterocycles. The fourth-order valence-corrected chi connectivity index (χ4v) is 1.76. The molecule has 0 fully saturated rings. The standard InChI is InChI=1S/C10H15N3/c1-7(2)13-10-8-4-3-5-9(8)11-6-12-10/h6-7H,3-5H2,1-2H3,(H,11,12,13). The van der Waals surface area contributed by atoms with E-state index in [2.05, 4.69) is 29.1 Å². The van der Waals surface area contributed by atoms with E-state index in [0.717, 1.165) is 18.7 Å². The number of fused-ring (bicyclic) bond motifs is 1. The Hall–Kier alpha value is -1.12. The van der Waals surface area contributed by atoms with Crippen molar-refractivity contribution in [3.05, 3.63) is 17.6 Å². The molecular formula is C10H15N3. The van der Waals surface area contributed by atoms with Crippen LogP contribution >= 0.6 is 0 Å². The van der Waals surface area contributed by atoms with Crippen LogP contribution < -0.4 is 5.32 Å². The fraction of sp³-hybridized carbons (Fsp3) is 0.600. The molecule has 0 aromatic carbocycles. The summed E-state index contributed by atoms with van der Waals surface area (Å²) in [4.78, 5) is 8.54. The van der Waals surface area contributed by atoms with Crippen LogP contribution in [-0.2, 0) is 12.8 Å². The van der Waals surface area contributed by atoms with Crippen molar-refractivity contribution in [1.29, 1.82) is 0 Å². The molecule has 1 aromatic rings. The summed E-state index contributed by atoms with van der Waals surface area (Å²) < 4.78 is 0. The minimum atomic E-state index is 0.444. The van der Waals surface area contributed by atoms with Crippen LogP contribution in [0.1, 0.15) is 31.5 Å². The van der Waals surface area contributed by atoms with Gasteiger partial charge < -0.3 is 5.32 Å². The van der Waals surface area contributed by atoms with E-state index in [0.29, 0.717) is 6.04 Å². The van der Waals surface area contributed by atoms with Crippen LogP contribution in [0.2, 0.25) is 0 Å². The number of aryl methyl sites for hydroxylation is 1. The first-order chi connectivity index (χ1) is 6.27. The average molecular weight is 177 g/mol.